The van der Waals surface area contributed by atoms with E-state index in [4.69, 9.17) is 10.5 Å². The number of hydrogen-bond donors (Lipinski definition) is 2. The molecule has 1 rings (SSSR count). The topological polar surface area (TPSA) is 64.3 Å². The van der Waals surface area contributed by atoms with E-state index >= 15 is 0 Å². The maximum atomic E-state index is 13.4. The molecule has 4 nitrogen and oxygen atoms in total. The predicted octanol–water partition coefficient (Wildman–Crippen LogP) is 1.85. The fourth-order valence-corrected chi connectivity index (χ4v) is 1.84. The number of hydrogen-bond acceptors (Lipinski definition) is 4. The Kier molecular flexibility index (Phi) is 5.94. The van der Waals surface area contributed by atoms with Gasteiger partial charge in [-0.25, -0.2) is 4.39 Å². The highest BCUT2D eigenvalue weighted by Gasteiger charge is 2.13. The molecule has 0 aromatic heterocycles. The molecule has 0 bridgehead atoms. The molecule has 0 aliphatic carbocycles. The van der Waals surface area contributed by atoms with Crippen molar-refractivity contribution in [3.8, 4) is 5.75 Å². The van der Waals surface area contributed by atoms with Crippen LogP contribution in [0.25, 0.3) is 0 Å². The minimum Gasteiger partial charge on any atom is -0.494 e. The van der Waals surface area contributed by atoms with Crippen molar-refractivity contribution in [2.75, 3.05) is 24.4 Å². The van der Waals surface area contributed by atoms with E-state index < -0.39 is 11.9 Å². The Morgan fingerprint density at radius 3 is 2.89 bits per heavy atom. The molecule has 0 saturated carbocycles. The third kappa shape index (κ3) is 4.19. The van der Waals surface area contributed by atoms with Crippen molar-refractivity contribution < 1.29 is 13.9 Å². The number of anilines is 1. The third-order valence-corrected chi connectivity index (χ3v) is 3.03. The van der Waals surface area contributed by atoms with Crippen LogP contribution in [0.2, 0.25) is 0 Å². The molecule has 0 heterocycles. The van der Waals surface area contributed by atoms with Gasteiger partial charge in [-0.1, -0.05) is 0 Å². The van der Waals surface area contributed by atoms with E-state index in [2.05, 4.69) is 5.32 Å². The van der Waals surface area contributed by atoms with Gasteiger partial charge in [0.05, 0.1) is 13.2 Å². The number of carbonyl (C=O) groups is 1. The summed E-state index contributed by atoms with van der Waals surface area (Å²) in [5.74, 6) is 0.118. The zero-order chi connectivity index (χ0) is 13.5. The Hall–Kier alpha value is -1.27. The first-order valence-corrected chi connectivity index (χ1v) is 6.86. The number of benzene rings is 1. The highest BCUT2D eigenvalue weighted by molar-refractivity contribution is 7.98. The van der Waals surface area contributed by atoms with Crippen LogP contribution < -0.4 is 15.8 Å². The summed E-state index contributed by atoms with van der Waals surface area (Å²) in [5, 5.41) is 2.57. The number of thioether (sulfide) groups is 1. The summed E-state index contributed by atoms with van der Waals surface area (Å²) in [6.45, 7) is 0. The lowest BCUT2D eigenvalue weighted by Gasteiger charge is -2.12. The Morgan fingerprint density at radius 1 is 1.61 bits per heavy atom. The summed E-state index contributed by atoms with van der Waals surface area (Å²) in [6.07, 6.45) is 2.54. The molecule has 0 aliphatic heterocycles. The molecule has 3 N–H and O–H groups in total. The number of carbonyl (C=O) groups excluding carboxylic acids is 1. The normalized spacial score (nSPS) is 12.0. The van der Waals surface area contributed by atoms with Crippen molar-refractivity contribution >= 4 is 23.4 Å². The average molecular weight is 272 g/mol. The minimum atomic E-state index is -0.581. The second-order valence-electron chi connectivity index (χ2n) is 3.73. The first-order chi connectivity index (χ1) is 8.58. The molecule has 1 aromatic carbocycles. The average Bonchev–Trinajstić information content (AvgIpc) is 2.36. The fraction of sp³-hybridized carbons (Fsp3) is 0.417. The van der Waals surface area contributed by atoms with Gasteiger partial charge in [0.15, 0.2) is 11.6 Å². The molecular formula is C12H17FN2O2S. The smallest absolute Gasteiger partial charge is 0.241 e. The van der Waals surface area contributed by atoms with Gasteiger partial charge in [0.1, 0.15) is 0 Å². The highest BCUT2D eigenvalue weighted by atomic mass is 32.2. The Balaban J connectivity index is 2.61. The molecule has 0 fully saturated rings. The van der Waals surface area contributed by atoms with Crippen LogP contribution in [0.3, 0.4) is 0 Å². The van der Waals surface area contributed by atoms with Gasteiger partial charge in [0.25, 0.3) is 0 Å². The van der Waals surface area contributed by atoms with Crippen molar-refractivity contribution in [2.45, 2.75) is 12.5 Å². The molecule has 0 saturated heterocycles. The standard InChI is InChI=1S/C12H17FN2O2S/c1-17-11-4-3-8(7-9(11)13)15-12(16)10(14)5-6-18-2/h3-4,7,10H,5-6,14H2,1-2H3,(H,15,16)/t10-/m1/s1. The molecular weight excluding hydrogens is 255 g/mol. The van der Waals surface area contributed by atoms with Gasteiger partial charge in [-0.2, -0.15) is 11.8 Å². The molecule has 1 aromatic rings. The zero-order valence-corrected chi connectivity index (χ0v) is 11.2. The number of nitrogens with two attached hydrogens (primary N) is 1. The van der Waals surface area contributed by atoms with E-state index in [0.717, 1.165) is 5.75 Å². The Labute approximate surface area is 110 Å². The number of methoxy groups -OCH3 is 1. The van der Waals surface area contributed by atoms with Gasteiger partial charge >= 0.3 is 0 Å². The van der Waals surface area contributed by atoms with E-state index in [1.54, 1.807) is 17.8 Å². The maximum Gasteiger partial charge on any atom is 0.241 e. The quantitative estimate of drug-likeness (QED) is 0.829. The highest BCUT2D eigenvalue weighted by Crippen LogP contribution is 2.20. The second kappa shape index (κ2) is 7.23. The van der Waals surface area contributed by atoms with Gasteiger partial charge in [0.2, 0.25) is 5.91 Å². The van der Waals surface area contributed by atoms with Crippen molar-refractivity contribution in [2.24, 2.45) is 5.73 Å². The number of nitrogens with one attached hydrogen (secondary N) is 1. The molecule has 0 spiro atoms. The Bertz CT molecular complexity index is 415. The van der Waals surface area contributed by atoms with Crippen molar-refractivity contribution in [1.82, 2.24) is 0 Å². The minimum absolute atomic E-state index is 0.139. The van der Waals surface area contributed by atoms with Crippen LogP contribution in [0, 0.1) is 5.82 Å². The number of amides is 1. The number of rotatable bonds is 6. The van der Waals surface area contributed by atoms with Crippen LogP contribution in [-0.4, -0.2) is 31.1 Å². The summed E-state index contributed by atoms with van der Waals surface area (Å²) in [6, 6.07) is 3.65. The molecule has 0 aliphatic rings. The van der Waals surface area contributed by atoms with Crippen LogP contribution in [0.15, 0.2) is 18.2 Å². The molecule has 1 amide bonds. The lowest BCUT2D eigenvalue weighted by molar-refractivity contribution is -0.117. The SMILES string of the molecule is COc1ccc(NC(=O)[C@H](N)CCSC)cc1F. The van der Waals surface area contributed by atoms with Crippen molar-refractivity contribution in [3.63, 3.8) is 0 Å². The van der Waals surface area contributed by atoms with Crippen LogP contribution >= 0.6 is 11.8 Å². The largest absolute Gasteiger partial charge is 0.494 e. The van der Waals surface area contributed by atoms with Gasteiger partial charge in [-0.05, 0) is 30.6 Å². The van der Waals surface area contributed by atoms with E-state index in [-0.39, 0.29) is 11.7 Å². The van der Waals surface area contributed by atoms with Gasteiger partial charge < -0.3 is 15.8 Å². The summed E-state index contributed by atoms with van der Waals surface area (Å²) >= 11 is 1.62. The van der Waals surface area contributed by atoms with E-state index in [1.165, 1.54) is 19.2 Å². The lowest BCUT2D eigenvalue weighted by Crippen LogP contribution is -2.36. The van der Waals surface area contributed by atoms with Crippen LogP contribution in [0.4, 0.5) is 10.1 Å². The molecule has 0 radical (unpaired) electrons. The van der Waals surface area contributed by atoms with E-state index in [9.17, 15) is 9.18 Å². The summed E-state index contributed by atoms with van der Waals surface area (Å²) in [7, 11) is 1.38. The molecule has 0 unspecified atom stereocenters. The van der Waals surface area contributed by atoms with Gasteiger partial charge in [-0.15, -0.1) is 0 Å². The monoisotopic (exact) mass is 272 g/mol. The molecule has 18 heavy (non-hydrogen) atoms. The van der Waals surface area contributed by atoms with E-state index in [1.807, 2.05) is 6.26 Å². The summed E-state index contributed by atoms with van der Waals surface area (Å²) in [4.78, 5) is 11.7. The predicted molar refractivity (Wildman–Crippen MR) is 72.6 cm³/mol. The zero-order valence-electron chi connectivity index (χ0n) is 10.4. The van der Waals surface area contributed by atoms with Crippen LogP contribution in [0.1, 0.15) is 6.42 Å². The Morgan fingerprint density at radius 2 is 2.33 bits per heavy atom. The van der Waals surface area contributed by atoms with Crippen molar-refractivity contribution in [3.05, 3.63) is 24.0 Å². The molecule has 1 atom stereocenters. The molecule has 100 valence electrons. The van der Waals surface area contributed by atoms with E-state index in [0.29, 0.717) is 12.1 Å². The number of ether oxygens (including phenoxy) is 1. The number of halogens is 1. The summed E-state index contributed by atoms with van der Waals surface area (Å²) < 4.78 is 18.2. The third-order valence-electron chi connectivity index (χ3n) is 2.39. The van der Waals surface area contributed by atoms with Crippen LogP contribution in [0.5, 0.6) is 5.75 Å². The fourth-order valence-electron chi connectivity index (χ4n) is 1.36. The lowest BCUT2D eigenvalue weighted by atomic mass is 10.2. The van der Waals surface area contributed by atoms with Crippen molar-refractivity contribution in [1.29, 1.82) is 0 Å². The maximum absolute atomic E-state index is 13.4. The first-order valence-electron chi connectivity index (χ1n) is 5.47. The van der Waals surface area contributed by atoms with Gasteiger partial charge in [-0.3, -0.25) is 4.79 Å². The van der Waals surface area contributed by atoms with Crippen LogP contribution in [-0.2, 0) is 4.79 Å². The molecule has 6 heteroatoms. The van der Waals surface area contributed by atoms with Gasteiger partial charge in [0, 0.05) is 11.8 Å². The first kappa shape index (κ1) is 14.8. The summed E-state index contributed by atoms with van der Waals surface area (Å²) in [5.41, 5.74) is 6.07. The second-order valence-corrected chi connectivity index (χ2v) is 4.71.